The molecule has 0 bridgehead atoms. The molecule has 5 rings (SSSR count). The zero-order valence-electron chi connectivity index (χ0n) is 22.2. The number of rotatable bonds is 2. The molecule has 0 aromatic rings. The second-order valence-electron chi connectivity index (χ2n) is 15.0. The highest BCUT2D eigenvalue weighted by atomic mass is 16.3. The molecule has 32 heavy (non-hydrogen) atoms. The zero-order valence-corrected chi connectivity index (χ0v) is 22.2. The number of hydrogen-bond acceptors (Lipinski definition) is 2. The highest BCUT2D eigenvalue weighted by Gasteiger charge is 2.70. The molecule has 5 fully saturated rings. The fourth-order valence-electron chi connectivity index (χ4n) is 11.8. The van der Waals surface area contributed by atoms with Crippen LogP contribution in [0.5, 0.6) is 0 Å². The Bertz CT molecular complexity index is 743. The van der Waals surface area contributed by atoms with Crippen molar-refractivity contribution in [2.75, 3.05) is 6.61 Å². The number of aliphatic hydroxyl groups excluding tert-OH is 2. The van der Waals surface area contributed by atoms with Gasteiger partial charge in [-0.1, -0.05) is 48.5 Å². The van der Waals surface area contributed by atoms with Gasteiger partial charge in [0.1, 0.15) is 0 Å². The third-order valence-corrected chi connectivity index (χ3v) is 13.8. The van der Waals surface area contributed by atoms with Crippen molar-refractivity contribution in [1.29, 1.82) is 0 Å². The molecule has 5 aliphatic carbocycles. The Labute approximate surface area is 198 Å². The van der Waals surface area contributed by atoms with E-state index < -0.39 is 0 Å². The van der Waals surface area contributed by atoms with Crippen LogP contribution in [0.1, 0.15) is 113 Å². The summed E-state index contributed by atoms with van der Waals surface area (Å²) in [6.07, 6.45) is 12.6. The first-order valence-electron chi connectivity index (χ1n) is 14.2. The van der Waals surface area contributed by atoms with E-state index in [2.05, 4.69) is 48.5 Å². The molecule has 5 aliphatic rings. The van der Waals surface area contributed by atoms with E-state index in [0.29, 0.717) is 28.8 Å². The lowest BCUT2D eigenvalue weighted by molar-refractivity contribution is -0.251. The molecule has 0 aliphatic heterocycles. The third kappa shape index (κ3) is 2.72. The van der Waals surface area contributed by atoms with Crippen LogP contribution in [0, 0.1) is 62.6 Å². The van der Waals surface area contributed by atoms with E-state index in [1.165, 1.54) is 57.8 Å². The Morgan fingerprint density at radius 1 is 0.750 bits per heavy atom. The Morgan fingerprint density at radius 2 is 1.47 bits per heavy atom. The van der Waals surface area contributed by atoms with E-state index in [1.807, 2.05) is 0 Å². The maximum Gasteiger partial charge on any atom is 0.0594 e. The minimum Gasteiger partial charge on any atom is -0.396 e. The summed E-state index contributed by atoms with van der Waals surface area (Å²) in [6.45, 7) is 18.1. The molecule has 0 aromatic heterocycles. The zero-order chi connectivity index (χ0) is 23.3. The van der Waals surface area contributed by atoms with E-state index >= 15 is 0 Å². The van der Waals surface area contributed by atoms with E-state index in [-0.39, 0.29) is 16.9 Å². The van der Waals surface area contributed by atoms with E-state index in [9.17, 15) is 10.2 Å². The summed E-state index contributed by atoms with van der Waals surface area (Å²) >= 11 is 0. The van der Waals surface area contributed by atoms with Gasteiger partial charge in [0.15, 0.2) is 0 Å². The monoisotopic (exact) mass is 444 g/mol. The van der Waals surface area contributed by atoms with Crippen molar-refractivity contribution in [2.24, 2.45) is 62.6 Å². The van der Waals surface area contributed by atoms with Crippen molar-refractivity contribution in [3.8, 4) is 0 Å². The van der Waals surface area contributed by atoms with Crippen molar-refractivity contribution < 1.29 is 10.2 Å². The van der Waals surface area contributed by atoms with Gasteiger partial charge >= 0.3 is 0 Å². The summed E-state index contributed by atoms with van der Waals surface area (Å²) in [7, 11) is 0. The average molecular weight is 445 g/mol. The fraction of sp³-hybridized carbons (Fsp3) is 1.00. The maximum atomic E-state index is 10.9. The number of aliphatic hydroxyl groups is 2. The molecule has 10 atom stereocenters. The lowest BCUT2D eigenvalue weighted by Gasteiger charge is -2.73. The first-order valence-corrected chi connectivity index (χ1v) is 14.2. The van der Waals surface area contributed by atoms with E-state index in [0.717, 1.165) is 36.0 Å². The topological polar surface area (TPSA) is 40.5 Å². The van der Waals surface area contributed by atoms with Crippen molar-refractivity contribution >= 4 is 0 Å². The van der Waals surface area contributed by atoms with Gasteiger partial charge in [-0.3, -0.25) is 0 Å². The summed E-state index contributed by atoms with van der Waals surface area (Å²) in [4.78, 5) is 0. The van der Waals surface area contributed by atoms with Crippen LogP contribution in [0.3, 0.4) is 0 Å². The highest BCUT2D eigenvalue weighted by Crippen LogP contribution is 2.77. The van der Waals surface area contributed by atoms with Gasteiger partial charge in [0.25, 0.3) is 0 Å². The second kappa shape index (κ2) is 7.22. The van der Waals surface area contributed by atoms with Crippen LogP contribution in [0.2, 0.25) is 0 Å². The van der Waals surface area contributed by atoms with Crippen LogP contribution in [-0.2, 0) is 0 Å². The minimum atomic E-state index is -0.137. The van der Waals surface area contributed by atoms with Crippen LogP contribution in [-0.4, -0.2) is 22.9 Å². The Balaban J connectivity index is 1.54. The van der Waals surface area contributed by atoms with Crippen LogP contribution in [0.15, 0.2) is 0 Å². The van der Waals surface area contributed by atoms with E-state index in [4.69, 9.17) is 0 Å². The molecule has 0 spiro atoms. The lowest BCUT2D eigenvalue weighted by atomic mass is 9.32. The summed E-state index contributed by atoms with van der Waals surface area (Å²) in [5.41, 5.74) is 1.40. The molecular weight excluding hydrogens is 392 g/mol. The average Bonchev–Trinajstić information content (AvgIpc) is 3.12. The Kier molecular flexibility index (Phi) is 5.34. The van der Waals surface area contributed by atoms with Crippen molar-refractivity contribution in [3.05, 3.63) is 0 Å². The van der Waals surface area contributed by atoms with Gasteiger partial charge in [-0.25, -0.2) is 0 Å². The first kappa shape index (κ1) is 23.7. The standard InChI is InChI=1S/C30H52O2/c1-19(2)20-10-15-30(18-31)17-16-28(6)21(25(20)30)8-9-23-27(5)13-12-24(32)26(3,4)22(27)11-14-29(23,28)7/h19-25,31-32H,8-18H2,1-7H3/t20-,21+,22-,23+,24-,25+,27-,28+,29+,30+/m0/s1. The molecule has 0 unspecified atom stereocenters. The summed E-state index contributed by atoms with van der Waals surface area (Å²) in [5, 5.41) is 21.6. The van der Waals surface area contributed by atoms with Gasteiger partial charge in [-0.05, 0) is 127 Å². The van der Waals surface area contributed by atoms with Crippen LogP contribution in [0.4, 0.5) is 0 Å². The summed E-state index contributed by atoms with van der Waals surface area (Å²) in [5.74, 6) is 4.45. The molecule has 0 saturated heterocycles. The van der Waals surface area contributed by atoms with E-state index in [1.54, 1.807) is 0 Å². The number of fused-ring (bicyclic) bond motifs is 7. The van der Waals surface area contributed by atoms with Crippen LogP contribution >= 0.6 is 0 Å². The predicted octanol–water partition coefficient (Wildman–Crippen LogP) is 7.08. The molecule has 0 amide bonds. The van der Waals surface area contributed by atoms with Gasteiger partial charge in [0.05, 0.1) is 6.10 Å². The van der Waals surface area contributed by atoms with Gasteiger partial charge < -0.3 is 10.2 Å². The van der Waals surface area contributed by atoms with Gasteiger partial charge in [0.2, 0.25) is 0 Å². The van der Waals surface area contributed by atoms with Gasteiger partial charge in [0, 0.05) is 6.61 Å². The normalized spacial score (nSPS) is 56.8. The smallest absolute Gasteiger partial charge is 0.0594 e. The quantitative estimate of drug-likeness (QED) is 0.478. The Hall–Kier alpha value is -0.0800. The Morgan fingerprint density at radius 3 is 2.12 bits per heavy atom. The second-order valence-corrected chi connectivity index (χ2v) is 15.0. The molecule has 2 N–H and O–H groups in total. The molecule has 184 valence electrons. The maximum absolute atomic E-state index is 10.9. The fourth-order valence-corrected chi connectivity index (χ4v) is 11.8. The molecule has 2 heteroatoms. The highest BCUT2D eigenvalue weighted by molar-refractivity contribution is 5.19. The van der Waals surface area contributed by atoms with Crippen LogP contribution < -0.4 is 0 Å². The van der Waals surface area contributed by atoms with Gasteiger partial charge in [-0.15, -0.1) is 0 Å². The molecule has 0 radical (unpaired) electrons. The predicted molar refractivity (Wildman–Crippen MR) is 132 cm³/mol. The van der Waals surface area contributed by atoms with Crippen molar-refractivity contribution in [3.63, 3.8) is 0 Å². The van der Waals surface area contributed by atoms with Gasteiger partial charge in [-0.2, -0.15) is 0 Å². The minimum absolute atomic E-state index is 0.0406. The molecule has 5 saturated carbocycles. The SMILES string of the molecule is CC(C)[C@@H]1CC[C@]2(CO)CC[C@]3(C)[C@H](CC[C@@H]4[C@@]5(C)CC[C@H](O)C(C)(C)[C@@H]5CC[C@]43C)[C@@H]12. The summed E-state index contributed by atoms with van der Waals surface area (Å²) in [6, 6.07) is 0. The first-order chi connectivity index (χ1) is 14.9. The molecule has 2 nitrogen and oxygen atoms in total. The van der Waals surface area contributed by atoms with Crippen molar-refractivity contribution in [1.82, 2.24) is 0 Å². The molecular formula is C30H52O2. The largest absolute Gasteiger partial charge is 0.396 e. The number of hydrogen-bond donors (Lipinski definition) is 2. The molecule has 0 heterocycles. The molecule has 0 aromatic carbocycles. The lowest BCUT2D eigenvalue weighted by Crippen LogP contribution is -2.66. The van der Waals surface area contributed by atoms with Crippen molar-refractivity contribution in [2.45, 2.75) is 119 Å². The third-order valence-electron chi connectivity index (χ3n) is 13.8. The van der Waals surface area contributed by atoms with Crippen LogP contribution in [0.25, 0.3) is 0 Å². The summed E-state index contributed by atoms with van der Waals surface area (Å²) < 4.78 is 0.